The topological polar surface area (TPSA) is 83.1 Å². The molecule has 0 aromatic heterocycles. The minimum Gasteiger partial charge on any atom is -0.460 e. The van der Waals surface area contributed by atoms with Gasteiger partial charge in [-0.25, -0.2) is 9.59 Å². The maximum atomic E-state index is 11.7. The van der Waals surface area contributed by atoms with E-state index in [4.69, 9.17) is 18.9 Å². The summed E-state index contributed by atoms with van der Waals surface area (Å²) in [7, 11) is 0. The van der Waals surface area contributed by atoms with Crippen LogP contribution in [0.5, 0.6) is 0 Å². The van der Waals surface area contributed by atoms with E-state index in [0.717, 1.165) is 4.90 Å². The molecule has 0 unspecified atom stereocenters. The molecule has 7 nitrogen and oxygen atoms in total. The lowest BCUT2D eigenvalue weighted by Crippen LogP contribution is -2.18. The molecule has 144 valence electrons. The molecule has 0 saturated carbocycles. The lowest BCUT2D eigenvalue weighted by molar-refractivity contribution is -0.140. The zero-order valence-electron chi connectivity index (χ0n) is 15.1. The molecule has 1 aromatic carbocycles. The van der Waals surface area contributed by atoms with Crippen molar-refractivity contribution in [1.29, 1.82) is 0 Å². The van der Waals surface area contributed by atoms with Gasteiger partial charge in [0.15, 0.2) is 0 Å². The van der Waals surface area contributed by atoms with Gasteiger partial charge in [0, 0.05) is 16.2 Å². The fourth-order valence-corrected chi connectivity index (χ4v) is 2.15. The van der Waals surface area contributed by atoms with Crippen molar-refractivity contribution in [3.63, 3.8) is 0 Å². The Bertz CT molecular complexity index is 593. The molecule has 0 fully saturated rings. The maximum absolute atomic E-state index is 11.7. The zero-order chi connectivity index (χ0) is 19.2. The van der Waals surface area contributed by atoms with E-state index in [0.29, 0.717) is 24.5 Å². The third-order valence-corrected chi connectivity index (χ3v) is 3.68. The molecule has 1 rings (SSSR count). The molecule has 0 atom stereocenters. The van der Waals surface area contributed by atoms with E-state index in [9.17, 15) is 9.59 Å². The lowest BCUT2D eigenvalue weighted by Gasteiger charge is -2.09. The van der Waals surface area contributed by atoms with Crippen LogP contribution in [0.4, 0.5) is 10.5 Å². The average molecular weight is 383 g/mol. The van der Waals surface area contributed by atoms with Crippen molar-refractivity contribution in [3.8, 4) is 0 Å². The predicted octanol–water partition coefficient (Wildman–Crippen LogP) is 3.11. The summed E-state index contributed by atoms with van der Waals surface area (Å²) < 4.78 is 20.4. The molecular weight excluding hydrogens is 358 g/mol. The van der Waals surface area contributed by atoms with Crippen molar-refractivity contribution in [2.24, 2.45) is 0 Å². The number of ether oxygens (including phenoxy) is 4. The molecule has 26 heavy (non-hydrogen) atoms. The van der Waals surface area contributed by atoms with Crippen molar-refractivity contribution in [3.05, 3.63) is 36.4 Å². The highest BCUT2D eigenvalue weighted by molar-refractivity contribution is 7.98. The molecule has 1 N–H and O–H groups in total. The number of anilines is 1. The van der Waals surface area contributed by atoms with Crippen LogP contribution < -0.4 is 5.32 Å². The third kappa shape index (κ3) is 10.1. The van der Waals surface area contributed by atoms with Gasteiger partial charge in [-0.05, 0) is 31.4 Å². The highest BCUT2D eigenvalue weighted by Gasteiger charge is 2.04. The summed E-state index contributed by atoms with van der Waals surface area (Å²) in [5.41, 5.74) is 1.04. The number of hydrogen-bond acceptors (Lipinski definition) is 7. The monoisotopic (exact) mass is 383 g/mol. The van der Waals surface area contributed by atoms with Crippen LogP contribution in [0.25, 0.3) is 0 Å². The summed E-state index contributed by atoms with van der Waals surface area (Å²) in [5.74, 6) is -0.430. The zero-order valence-corrected chi connectivity index (χ0v) is 15.9. The highest BCUT2D eigenvalue weighted by Crippen LogP contribution is 2.18. The second kappa shape index (κ2) is 13.2. The van der Waals surface area contributed by atoms with Crippen LogP contribution in [0.2, 0.25) is 0 Å². The van der Waals surface area contributed by atoms with Gasteiger partial charge in [0.1, 0.15) is 13.2 Å². The van der Waals surface area contributed by atoms with Gasteiger partial charge < -0.3 is 18.9 Å². The van der Waals surface area contributed by atoms with Gasteiger partial charge in [0.05, 0.1) is 26.4 Å². The number of thioether (sulfide) groups is 1. The van der Waals surface area contributed by atoms with Gasteiger partial charge in [-0.1, -0.05) is 12.6 Å². The number of carbonyl (C=O) groups is 2. The van der Waals surface area contributed by atoms with Crippen LogP contribution in [0.3, 0.4) is 0 Å². The van der Waals surface area contributed by atoms with E-state index in [1.54, 1.807) is 24.8 Å². The van der Waals surface area contributed by atoms with E-state index in [1.165, 1.54) is 0 Å². The Morgan fingerprint density at radius 1 is 1.04 bits per heavy atom. The normalized spacial score (nSPS) is 10.2. The van der Waals surface area contributed by atoms with Crippen LogP contribution in [-0.4, -0.2) is 58.0 Å². The predicted molar refractivity (Wildman–Crippen MR) is 101 cm³/mol. The van der Waals surface area contributed by atoms with Gasteiger partial charge in [0.25, 0.3) is 0 Å². The first-order valence-electron chi connectivity index (χ1n) is 8.09. The summed E-state index contributed by atoms with van der Waals surface area (Å²) in [5, 5.41) is 2.66. The van der Waals surface area contributed by atoms with Gasteiger partial charge in [-0.15, -0.1) is 11.8 Å². The van der Waals surface area contributed by atoms with Crippen molar-refractivity contribution in [1.82, 2.24) is 0 Å². The quantitative estimate of drug-likeness (QED) is 0.257. The molecule has 0 bridgehead atoms. The number of rotatable bonds is 12. The van der Waals surface area contributed by atoms with Crippen molar-refractivity contribution in [2.45, 2.75) is 11.8 Å². The Morgan fingerprint density at radius 2 is 1.65 bits per heavy atom. The molecule has 1 amide bonds. The summed E-state index contributed by atoms with van der Waals surface area (Å²) in [6, 6.07) is 7.49. The average Bonchev–Trinajstić information content (AvgIpc) is 2.63. The number of amides is 1. The first kappa shape index (κ1) is 22.0. The van der Waals surface area contributed by atoms with Crippen LogP contribution in [0, 0.1) is 0 Å². The third-order valence-electron chi connectivity index (χ3n) is 2.96. The Balaban J connectivity index is 1.97. The standard InChI is InChI=1S/C18H25NO6S/c1-14(2)17(20)24-11-9-22-7-8-23-10-12-25-18(21)19-15-5-4-6-16(13-15)26-3/h4-6,13H,1,7-12H2,2-3H3,(H,19,21). The van der Waals surface area contributed by atoms with Gasteiger partial charge in [-0.2, -0.15) is 0 Å². The molecule has 0 spiro atoms. The number of nitrogens with one attached hydrogen (secondary N) is 1. The van der Waals surface area contributed by atoms with E-state index in [2.05, 4.69) is 11.9 Å². The molecule has 0 aliphatic carbocycles. The largest absolute Gasteiger partial charge is 0.460 e. The Hall–Kier alpha value is -2.03. The van der Waals surface area contributed by atoms with Gasteiger partial charge in [-0.3, -0.25) is 5.32 Å². The lowest BCUT2D eigenvalue weighted by atomic mass is 10.3. The first-order valence-corrected chi connectivity index (χ1v) is 9.31. The molecule has 0 heterocycles. The van der Waals surface area contributed by atoms with Crippen LogP contribution in [0.15, 0.2) is 41.3 Å². The van der Waals surface area contributed by atoms with Crippen molar-refractivity contribution < 1.29 is 28.5 Å². The smallest absolute Gasteiger partial charge is 0.411 e. The minimum atomic E-state index is -0.526. The fourth-order valence-electron chi connectivity index (χ4n) is 1.69. The number of hydrogen-bond donors (Lipinski definition) is 1. The van der Waals surface area contributed by atoms with Crippen LogP contribution in [0.1, 0.15) is 6.92 Å². The summed E-state index contributed by atoms with van der Waals surface area (Å²) in [4.78, 5) is 23.8. The van der Waals surface area contributed by atoms with Crippen molar-refractivity contribution in [2.75, 3.05) is 51.2 Å². The number of benzene rings is 1. The molecule has 0 aliphatic heterocycles. The summed E-state index contributed by atoms with van der Waals surface area (Å²) in [6.45, 7) is 6.65. The van der Waals surface area contributed by atoms with Crippen LogP contribution >= 0.6 is 11.8 Å². The molecule has 1 aromatic rings. The van der Waals surface area contributed by atoms with E-state index in [1.807, 2.05) is 24.5 Å². The molecule has 0 radical (unpaired) electrons. The van der Waals surface area contributed by atoms with E-state index < -0.39 is 12.1 Å². The fraction of sp³-hybridized carbons (Fsp3) is 0.444. The number of carbonyl (C=O) groups excluding carboxylic acids is 2. The highest BCUT2D eigenvalue weighted by atomic mass is 32.2. The second-order valence-corrected chi connectivity index (χ2v) is 6.01. The maximum Gasteiger partial charge on any atom is 0.411 e. The minimum absolute atomic E-state index is 0.143. The van der Waals surface area contributed by atoms with E-state index >= 15 is 0 Å². The second-order valence-electron chi connectivity index (χ2n) is 5.13. The first-order chi connectivity index (χ1) is 12.5. The Morgan fingerprint density at radius 3 is 2.27 bits per heavy atom. The molecular formula is C18H25NO6S. The van der Waals surface area contributed by atoms with E-state index in [-0.39, 0.29) is 26.4 Å². The summed E-state index contributed by atoms with van der Waals surface area (Å²) >= 11 is 1.59. The number of esters is 1. The van der Waals surface area contributed by atoms with Crippen LogP contribution in [-0.2, 0) is 23.7 Å². The summed E-state index contributed by atoms with van der Waals surface area (Å²) in [6.07, 6.45) is 1.44. The molecule has 0 saturated heterocycles. The van der Waals surface area contributed by atoms with Crippen molar-refractivity contribution >= 4 is 29.5 Å². The Kier molecular flexibility index (Phi) is 11.2. The Labute approximate surface area is 158 Å². The molecule has 0 aliphatic rings. The van der Waals surface area contributed by atoms with Gasteiger partial charge >= 0.3 is 12.1 Å². The SMILES string of the molecule is C=C(C)C(=O)OCCOCCOCCOC(=O)Nc1cccc(SC)c1. The van der Waals surface area contributed by atoms with Gasteiger partial charge in [0.2, 0.25) is 0 Å². The molecule has 8 heteroatoms.